The molecule has 0 bridgehead atoms. The SMILES string of the molecule is O=C(C1CC1)N1CCC(CN2C(=O)C3(CC3)N=C2c2ccc(-c3ccc4cnccc4c3)cc2)CC1. The van der Waals surface area contributed by atoms with Crippen LogP contribution in [0.4, 0.5) is 0 Å². The molecule has 1 saturated heterocycles. The lowest BCUT2D eigenvalue weighted by Crippen LogP contribution is -2.45. The summed E-state index contributed by atoms with van der Waals surface area (Å²) in [6, 6.07) is 16.9. The second-order valence-corrected chi connectivity index (χ2v) is 10.9. The van der Waals surface area contributed by atoms with Crippen molar-refractivity contribution in [2.45, 2.75) is 44.1 Å². The number of aromatic nitrogens is 1. The molecule has 2 amide bonds. The van der Waals surface area contributed by atoms with Gasteiger partial charge in [0.05, 0.1) is 0 Å². The highest BCUT2D eigenvalue weighted by molar-refractivity contribution is 6.16. The third-order valence-corrected chi connectivity index (χ3v) is 8.35. The summed E-state index contributed by atoms with van der Waals surface area (Å²) in [6.07, 6.45) is 9.43. The molecule has 3 fully saturated rings. The number of piperidine rings is 1. The molecule has 3 heterocycles. The maximum Gasteiger partial charge on any atom is 0.256 e. The predicted molar refractivity (Wildman–Crippen MR) is 139 cm³/mol. The highest BCUT2D eigenvalue weighted by atomic mass is 16.2. The molecule has 0 unspecified atom stereocenters. The van der Waals surface area contributed by atoms with Gasteiger partial charge in [-0.3, -0.25) is 24.5 Å². The quantitative estimate of drug-likeness (QED) is 0.535. The normalized spacial score (nSPS) is 21.3. The zero-order valence-corrected chi connectivity index (χ0v) is 20.4. The third kappa shape index (κ3) is 3.80. The first kappa shape index (κ1) is 21.7. The van der Waals surface area contributed by atoms with Crippen LogP contribution >= 0.6 is 0 Å². The van der Waals surface area contributed by atoms with E-state index in [1.165, 1.54) is 5.39 Å². The van der Waals surface area contributed by atoms with Crippen molar-refractivity contribution < 1.29 is 9.59 Å². The summed E-state index contributed by atoms with van der Waals surface area (Å²) in [5, 5.41) is 2.30. The Morgan fingerprint density at radius 3 is 2.33 bits per heavy atom. The van der Waals surface area contributed by atoms with Gasteiger partial charge in [-0.25, -0.2) is 0 Å². The Labute approximate surface area is 211 Å². The second-order valence-electron chi connectivity index (χ2n) is 10.9. The molecule has 0 radical (unpaired) electrons. The van der Waals surface area contributed by atoms with Gasteiger partial charge >= 0.3 is 0 Å². The summed E-state index contributed by atoms with van der Waals surface area (Å²) in [5.74, 6) is 2.02. The lowest BCUT2D eigenvalue weighted by Gasteiger charge is -2.34. The number of hydrogen-bond donors (Lipinski definition) is 0. The Bertz CT molecular complexity index is 1380. The fourth-order valence-corrected chi connectivity index (χ4v) is 5.75. The molecule has 4 aliphatic rings. The first-order chi connectivity index (χ1) is 17.6. The standard InChI is InChI=1S/C30H30N4O2/c35-28(23-5-6-23)33-15-10-20(11-16-33)19-34-27(32-30(12-13-30)29(34)36)22-3-1-21(2-4-22)24-7-8-26-18-31-14-9-25(26)17-24/h1-4,7-9,14,17-18,20,23H,5-6,10-13,15-16,19H2. The molecule has 36 heavy (non-hydrogen) atoms. The molecule has 2 aliphatic carbocycles. The van der Waals surface area contributed by atoms with E-state index in [0.29, 0.717) is 18.4 Å². The Kier molecular flexibility index (Phi) is 4.98. The van der Waals surface area contributed by atoms with Crippen molar-refractivity contribution in [1.29, 1.82) is 0 Å². The number of nitrogens with zero attached hydrogens (tertiary/aromatic N) is 4. The fraction of sp³-hybridized carbons (Fsp3) is 0.400. The van der Waals surface area contributed by atoms with E-state index in [1.54, 1.807) is 0 Å². The number of hydrogen-bond acceptors (Lipinski definition) is 4. The van der Waals surface area contributed by atoms with Gasteiger partial charge in [-0.1, -0.05) is 36.4 Å². The molecule has 1 spiro atoms. The Balaban J connectivity index is 1.09. The minimum absolute atomic E-state index is 0.168. The van der Waals surface area contributed by atoms with Crippen LogP contribution in [0.2, 0.25) is 0 Å². The largest absolute Gasteiger partial charge is 0.342 e. The van der Waals surface area contributed by atoms with Crippen molar-refractivity contribution >= 4 is 28.4 Å². The highest BCUT2D eigenvalue weighted by Gasteiger charge is 2.57. The van der Waals surface area contributed by atoms with E-state index in [0.717, 1.165) is 79.5 Å². The van der Waals surface area contributed by atoms with Crippen LogP contribution in [-0.2, 0) is 9.59 Å². The van der Waals surface area contributed by atoms with Crippen molar-refractivity contribution in [3.63, 3.8) is 0 Å². The van der Waals surface area contributed by atoms with Gasteiger partial charge in [0.25, 0.3) is 5.91 Å². The number of amides is 2. The molecule has 3 aromatic rings. The van der Waals surface area contributed by atoms with Gasteiger partial charge in [0.15, 0.2) is 0 Å². The number of pyridine rings is 1. The van der Waals surface area contributed by atoms with E-state index in [4.69, 9.17) is 4.99 Å². The van der Waals surface area contributed by atoms with Crippen LogP contribution in [0, 0.1) is 11.8 Å². The van der Waals surface area contributed by atoms with Crippen LogP contribution in [-0.4, -0.2) is 57.6 Å². The maximum atomic E-state index is 13.4. The van der Waals surface area contributed by atoms with E-state index < -0.39 is 5.54 Å². The molecular weight excluding hydrogens is 448 g/mol. The van der Waals surface area contributed by atoms with Gasteiger partial charge in [-0.15, -0.1) is 0 Å². The molecule has 0 atom stereocenters. The minimum Gasteiger partial charge on any atom is -0.342 e. The van der Waals surface area contributed by atoms with Crippen molar-refractivity contribution in [2.24, 2.45) is 16.8 Å². The third-order valence-electron chi connectivity index (χ3n) is 8.35. The first-order valence-electron chi connectivity index (χ1n) is 13.2. The molecule has 182 valence electrons. The van der Waals surface area contributed by atoms with Crippen LogP contribution in [0.25, 0.3) is 21.9 Å². The number of amidine groups is 1. The monoisotopic (exact) mass is 478 g/mol. The van der Waals surface area contributed by atoms with Gasteiger partial charge in [-0.05, 0) is 73.1 Å². The summed E-state index contributed by atoms with van der Waals surface area (Å²) in [7, 11) is 0. The van der Waals surface area contributed by atoms with Gasteiger partial charge < -0.3 is 4.90 Å². The number of likely N-dealkylation sites (tertiary alicyclic amines) is 1. The van der Waals surface area contributed by atoms with Crippen LogP contribution in [0.1, 0.15) is 44.1 Å². The molecule has 2 aromatic carbocycles. The Hall–Kier alpha value is -3.54. The zero-order chi connectivity index (χ0) is 24.3. The number of carbonyl (C=O) groups is 2. The average Bonchev–Trinajstić information content (AvgIpc) is 3.85. The molecule has 2 saturated carbocycles. The molecular formula is C30H30N4O2. The summed E-state index contributed by atoms with van der Waals surface area (Å²) >= 11 is 0. The van der Waals surface area contributed by atoms with Gasteiger partial charge in [0, 0.05) is 48.9 Å². The molecule has 1 aromatic heterocycles. The first-order valence-corrected chi connectivity index (χ1v) is 13.2. The predicted octanol–water partition coefficient (Wildman–Crippen LogP) is 4.67. The summed E-state index contributed by atoms with van der Waals surface area (Å²) < 4.78 is 0. The number of aliphatic imine (C=N–C) groups is 1. The van der Waals surface area contributed by atoms with Crippen LogP contribution in [0.5, 0.6) is 0 Å². The van der Waals surface area contributed by atoms with E-state index in [2.05, 4.69) is 47.4 Å². The van der Waals surface area contributed by atoms with E-state index in [9.17, 15) is 9.59 Å². The average molecular weight is 479 g/mol. The van der Waals surface area contributed by atoms with Crippen molar-refractivity contribution in [2.75, 3.05) is 19.6 Å². The van der Waals surface area contributed by atoms with E-state index in [1.807, 2.05) is 28.3 Å². The zero-order valence-electron chi connectivity index (χ0n) is 20.4. The van der Waals surface area contributed by atoms with Gasteiger partial charge in [0.2, 0.25) is 5.91 Å². The number of benzene rings is 2. The molecule has 2 aliphatic heterocycles. The molecule has 7 rings (SSSR count). The lowest BCUT2D eigenvalue weighted by molar-refractivity contribution is -0.134. The van der Waals surface area contributed by atoms with Gasteiger partial charge in [-0.2, -0.15) is 0 Å². The summed E-state index contributed by atoms with van der Waals surface area (Å²) in [5.41, 5.74) is 2.79. The lowest BCUT2D eigenvalue weighted by atomic mass is 9.95. The van der Waals surface area contributed by atoms with Crippen molar-refractivity contribution in [3.05, 3.63) is 66.5 Å². The van der Waals surface area contributed by atoms with E-state index >= 15 is 0 Å². The van der Waals surface area contributed by atoms with Crippen molar-refractivity contribution in [1.82, 2.24) is 14.8 Å². The molecule has 6 heteroatoms. The number of rotatable bonds is 5. The highest BCUT2D eigenvalue weighted by Crippen LogP contribution is 2.46. The van der Waals surface area contributed by atoms with Crippen molar-refractivity contribution in [3.8, 4) is 11.1 Å². The van der Waals surface area contributed by atoms with Crippen LogP contribution < -0.4 is 0 Å². The van der Waals surface area contributed by atoms with E-state index in [-0.39, 0.29) is 11.8 Å². The van der Waals surface area contributed by atoms with Crippen LogP contribution in [0.3, 0.4) is 0 Å². The summed E-state index contributed by atoms with van der Waals surface area (Å²) in [6.45, 7) is 2.33. The Morgan fingerprint density at radius 1 is 0.889 bits per heavy atom. The molecule has 0 N–H and O–H groups in total. The van der Waals surface area contributed by atoms with Gasteiger partial charge in [0.1, 0.15) is 11.4 Å². The maximum absolute atomic E-state index is 13.4. The van der Waals surface area contributed by atoms with Crippen LogP contribution in [0.15, 0.2) is 65.9 Å². The molecule has 6 nitrogen and oxygen atoms in total. The Morgan fingerprint density at radius 2 is 1.61 bits per heavy atom. The fourth-order valence-electron chi connectivity index (χ4n) is 5.75. The number of carbonyl (C=O) groups excluding carboxylic acids is 2. The smallest absolute Gasteiger partial charge is 0.256 e. The minimum atomic E-state index is -0.511. The second kappa shape index (κ2) is 8.26. The number of fused-ring (bicyclic) bond motifs is 1. The summed E-state index contributed by atoms with van der Waals surface area (Å²) in [4.78, 5) is 39.0. The topological polar surface area (TPSA) is 65.9 Å².